The van der Waals surface area contributed by atoms with Crippen LogP contribution < -0.4 is 4.90 Å². The number of aromatic nitrogens is 1. The zero-order valence-corrected chi connectivity index (χ0v) is 22.5. The Balaban J connectivity index is 1.37. The topological polar surface area (TPSA) is 83.7 Å². The van der Waals surface area contributed by atoms with Crippen LogP contribution >= 0.6 is 34.5 Å². The predicted octanol–water partition coefficient (Wildman–Crippen LogP) is 6.14. The molecule has 1 fully saturated rings. The van der Waals surface area contributed by atoms with Crippen LogP contribution in [0.5, 0.6) is 0 Å². The SMILES string of the molecule is Cc1cc(Cl)cc2sc(N(Cc3ccco3)C(=O)C3CCN(S(=O)(=O)c4ccc(Cl)cc4)CC3)nc12. The quantitative estimate of drug-likeness (QED) is 0.281. The number of benzene rings is 2. The average molecular weight is 565 g/mol. The zero-order valence-electron chi connectivity index (χ0n) is 19.4. The van der Waals surface area contributed by atoms with Crippen LogP contribution in [0.3, 0.4) is 0 Å². The normalized spacial score (nSPS) is 15.4. The molecule has 0 aliphatic carbocycles. The van der Waals surface area contributed by atoms with E-state index in [9.17, 15) is 13.2 Å². The molecule has 188 valence electrons. The van der Waals surface area contributed by atoms with Crippen molar-refractivity contribution in [3.05, 3.63) is 76.2 Å². The van der Waals surface area contributed by atoms with Crippen LogP contribution in [0.15, 0.2) is 64.1 Å². The van der Waals surface area contributed by atoms with Gasteiger partial charge < -0.3 is 4.42 Å². The fourth-order valence-corrected chi connectivity index (χ4v) is 7.40. The van der Waals surface area contributed by atoms with E-state index in [-0.39, 0.29) is 36.4 Å². The van der Waals surface area contributed by atoms with Gasteiger partial charge in [0, 0.05) is 29.1 Å². The van der Waals surface area contributed by atoms with E-state index in [1.807, 2.05) is 25.1 Å². The Bertz CT molecular complexity index is 1490. The number of thiazole rings is 1. The van der Waals surface area contributed by atoms with Crippen molar-refractivity contribution in [2.45, 2.75) is 31.2 Å². The van der Waals surface area contributed by atoms with E-state index < -0.39 is 10.0 Å². The van der Waals surface area contributed by atoms with E-state index in [0.717, 1.165) is 15.8 Å². The molecule has 7 nitrogen and oxygen atoms in total. The Morgan fingerprint density at radius 2 is 1.86 bits per heavy atom. The smallest absolute Gasteiger partial charge is 0.243 e. The summed E-state index contributed by atoms with van der Waals surface area (Å²) in [6, 6.07) is 13.4. The van der Waals surface area contributed by atoms with E-state index in [1.54, 1.807) is 29.4 Å². The van der Waals surface area contributed by atoms with Gasteiger partial charge >= 0.3 is 0 Å². The molecule has 0 atom stereocenters. The fraction of sp³-hybridized carbons (Fsp3) is 0.280. The van der Waals surface area contributed by atoms with Crippen LogP contribution in [0.4, 0.5) is 5.13 Å². The van der Waals surface area contributed by atoms with Gasteiger partial charge in [-0.3, -0.25) is 9.69 Å². The highest BCUT2D eigenvalue weighted by Gasteiger charge is 2.35. The number of hydrogen-bond donors (Lipinski definition) is 0. The Morgan fingerprint density at radius 3 is 2.53 bits per heavy atom. The molecule has 0 spiro atoms. The van der Waals surface area contributed by atoms with Gasteiger partial charge in [0.25, 0.3) is 0 Å². The summed E-state index contributed by atoms with van der Waals surface area (Å²) in [5.41, 5.74) is 1.74. The van der Waals surface area contributed by atoms with Gasteiger partial charge in [0.1, 0.15) is 5.76 Å². The molecule has 0 radical (unpaired) electrons. The van der Waals surface area contributed by atoms with Crippen LogP contribution in [0, 0.1) is 12.8 Å². The predicted molar refractivity (Wildman–Crippen MR) is 142 cm³/mol. The summed E-state index contributed by atoms with van der Waals surface area (Å²) >= 11 is 13.5. The van der Waals surface area contributed by atoms with Crippen molar-refractivity contribution in [2.75, 3.05) is 18.0 Å². The molecule has 36 heavy (non-hydrogen) atoms. The van der Waals surface area contributed by atoms with Gasteiger partial charge in [-0.2, -0.15) is 4.31 Å². The van der Waals surface area contributed by atoms with E-state index in [1.165, 1.54) is 27.8 Å². The molecular formula is C25H23Cl2N3O4S2. The lowest BCUT2D eigenvalue weighted by Gasteiger charge is -2.32. The number of fused-ring (bicyclic) bond motifs is 1. The molecule has 1 saturated heterocycles. The molecule has 0 bridgehead atoms. The maximum Gasteiger partial charge on any atom is 0.243 e. The lowest BCUT2D eigenvalue weighted by atomic mass is 9.96. The Labute approximate surface area is 223 Å². The summed E-state index contributed by atoms with van der Waals surface area (Å²) in [6.07, 6.45) is 2.40. The minimum atomic E-state index is -3.66. The summed E-state index contributed by atoms with van der Waals surface area (Å²) in [5.74, 6) is 0.200. The van der Waals surface area contributed by atoms with E-state index >= 15 is 0 Å². The van der Waals surface area contributed by atoms with E-state index in [2.05, 4.69) is 0 Å². The number of rotatable bonds is 6. The number of piperidine rings is 1. The summed E-state index contributed by atoms with van der Waals surface area (Å²) in [7, 11) is -3.66. The summed E-state index contributed by atoms with van der Waals surface area (Å²) in [5, 5.41) is 1.66. The fourth-order valence-electron chi connectivity index (χ4n) is 4.38. The van der Waals surface area contributed by atoms with Crippen molar-refractivity contribution in [3.63, 3.8) is 0 Å². The number of amides is 1. The van der Waals surface area contributed by atoms with Crippen LogP contribution in [0.2, 0.25) is 10.0 Å². The van der Waals surface area contributed by atoms with Crippen molar-refractivity contribution < 1.29 is 17.6 Å². The first-order valence-corrected chi connectivity index (χ1v) is 14.4. The lowest BCUT2D eigenvalue weighted by molar-refractivity contribution is -0.123. The molecule has 2 aromatic carbocycles. The third kappa shape index (κ3) is 5.03. The third-order valence-corrected chi connectivity index (χ3v) is 9.69. The van der Waals surface area contributed by atoms with Crippen molar-refractivity contribution >= 4 is 65.8 Å². The van der Waals surface area contributed by atoms with Crippen LogP contribution in [-0.2, 0) is 21.4 Å². The summed E-state index contributed by atoms with van der Waals surface area (Å²) in [4.78, 5) is 20.4. The van der Waals surface area contributed by atoms with E-state index in [4.69, 9.17) is 32.6 Å². The van der Waals surface area contributed by atoms with Gasteiger partial charge in [-0.25, -0.2) is 13.4 Å². The van der Waals surface area contributed by atoms with Gasteiger partial charge in [-0.1, -0.05) is 34.5 Å². The van der Waals surface area contributed by atoms with E-state index in [0.29, 0.717) is 33.8 Å². The maximum atomic E-state index is 13.8. The van der Waals surface area contributed by atoms with Gasteiger partial charge in [0.15, 0.2) is 5.13 Å². The molecule has 4 aromatic rings. The number of carbonyl (C=O) groups excluding carboxylic acids is 1. The first-order valence-electron chi connectivity index (χ1n) is 11.4. The maximum absolute atomic E-state index is 13.8. The van der Waals surface area contributed by atoms with Gasteiger partial charge in [0.05, 0.1) is 27.9 Å². The second-order valence-corrected chi connectivity index (χ2v) is 12.5. The first kappa shape index (κ1) is 25.2. The molecular weight excluding hydrogens is 541 g/mol. The molecule has 3 heterocycles. The summed E-state index contributed by atoms with van der Waals surface area (Å²) < 4.78 is 34.0. The molecule has 11 heteroatoms. The number of anilines is 1. The van der Waals surface area contributed by atoms with Gasteiger partial charge in [-0.15, -0.1) is 0 Å². The molecule has 5 rings (SSSR count). The Hall–Kier alpha value is -2.43. The van der Waals surface area contributed by atoms with Gasteiger partial charge in [-0.05, 0) is 73.9 Å². The Morgan fingerprint density at radius 1 is 1.14 bits per heavy atom. The van der Waals surface area contributed by atoms with Crippen molar-refractivity contribution in [2.24, 2.45) is 5.92 Å². The second-order valence-electron chi connectivity index (χ2n) is 8.70. The average Bonchev–Trinajstić information content (AvgIpc) is 3.52. The minimum Gasteiger partial charge on any atom is -0.467 e. The number of sulfonamides is 1. The molecule has 1 aliphatic rings. The number of hydrogen-bond acceptors (Lipinski definition) is 6. The Kier molecular flexibility index (Phi) is 7.11. The molecule has 1 amide bonds. The molecule has 0 N–H and O–H groups in total. The first-order chi connectivity index (χ1) is 17.2. The zero-order chi connectivity index (χ0) is 25.4. The minimum absolute atomic E-state index is 0.0993. The van der Waals surface area contributed by atoms with Crippen LogP contribution in [0.25, 0.3) is 10.2 Å². The van der Waals surface area contributed by atoms with Gasteiger partial charge in [0.2, 0.25) is 15.9 Å². The number of furan rings is 1. The standard InChI is InChI=1S/C25H23Cl2N3O4S2/c1-16-13-19(27)14-22-23(16)28-25(35-22)30(15-20-3-2-12-34-20)24(31)17-8-10-29(11-9-17)36(32,33)21-6-4-18(26)5-7-21/h2-7,12-14,17H,8-11,15H2,1H3. The molecule has 0 saturated carbocycles. The van der Waals surface area contributed by atoms with Crippen LogP contribution in [-0.4, -0.2) is 36.7 Å². The number of nitrogens with zero attached hydrogens (tertiary/aromatic N) is 3. The highest BCUT2D eigenvalue weighted by Crippen LogP contribution is 2.35. The highest BCUT2D eigenvalue weighted by molar-refractivity contribution is 7.89. The summed E-state index contributed by atoms with van der Waals surface area (Å²) in [6.45, 7) is 2.68. The van der Waals surface area contributed by atoms with Crippen molar-refractivity contribution in [1.82, 2.24) is 9.29 Å². The molecule has 0 unspecified atom stereocenters. The monoisotopic (exact) mass is 563 g/mol. The number of aryl methyl sites for hydroxylation is 1. The second kappa shape index (κ2) is 10.1. The van der Waals surface area contributed by atoms with Crippen molar-refractivity contribution in [3.8, 4) is 0 Å². The highest BCUT2D eigenvalue weighted by atomic mass is 35.5. The van der Waals surface area contributed by atoms with Crippen LogP contribution in [0.1, 0.15) is 24.2 Å². The lowest BCUT2D eigenvalue weighted by Crippen LogP contribution is -2.44. The number of carbonyl (C=O) groups is 1. The third-order valence-electron chi connectivity index (χ3n) is 6.28. The largest absolute Gasteiger partial charge is 0.467 e. The molecule has 2 aromatic heterocycles. The van der Waals surface area contributed by atoms with Crippen molar-refractivity contribution in [1.29, 1.82) is 0 Å². The number of halogens is 2. The molecule has 1 aliphatic heterocycles.